The highest BCUT2D eigenvalue weighted by Crippen LogP contribution is 2.51. The molecular formula is C23H28N2O4S. The highest BCUT2D eigenvalue weighted by Gasteiger charge is 2.63. The van der Waals surface area contributed by atoms with E-state index in [2.05, 4.69) is 5.32 Å². The third-order valence-electron chi connectivity index (χ3n) is 7.81. The van der Waals surface area contributed by atoms with Crippen LogP contribution in [0.25, 0.3) is 0 Å². The number of thiophene rings is 1. The normalized spacial score (nSPS) is 33.1. The summed E-state index contributed by atoms with van der Waals surface area (Å²) in [5, 5.41) is 3.82. The number of nitrogens with zero attached hydrogens (tertiary/aromatic N) is 1. The van der Waals surface area contributed by atoms with Crippen LogP contribution in [0.1, 0.15) is 78.6 Å². The van der Waals surface area contributed by atoms with Crippen LogP contribution in [0.2, 0.25) is 0 Å². The SMILES string of the molecule is O=C(NC1CCCCC1)c1c(N2C(=O)[C@@H]3[C@@H](C2=O)[C@H]2CC[C@@H]3O2)sc2c1CCCC2. The van der Waals surface area contributed by atoms with Crippen LogP contribution in [0.4, 0.5) is 5.00 Å². The molecule has 3 aliphatic heterocycles. The van der Waals surface area contributed by atoms with E-state index in [0.717, 1.165) is 69.8 Å². The minimum Gasteiger partial charge on any atom is -0.373 e. The Hall–Kier alpha value is -1.73. The van der Waals surface area contributed by atoms with Crippen LogP contribution in [-0.2, 0) is 27.2 Å². The van der Waals surface area contributed by atoms with Gasteiger partial charge in [-0.15, -0.1) is 11.3 Å². The number of aryl methyl sites for hydroxylation is 1. The van der Waals surface area contributed by atoms with Gasteiger partial charge in [0.05, 0.1) is 29.6 Å². The first kappa shape index (κ1) is 19.0. The Morgan fingerprint density at radius 3 is 2.27 bits per heavy atom. The summed E-state index contributed by atoms with van der Waals surface area (Å²) in [4.78, 5) is 42.7. The Kier molecular flexibility index (Phi) is 4.53. The predicted octanol–water partition coefficient (Wildman–Crippen LogP) is 3.36. The number of carbonyl (C=O) groups is 3. The van der Waals surface area contributed by atoms with Crippen molar-refractivity contribution in [1.82, 2.24) is 5.32 Å². The second kappa shape index (κ2) is 7.16. The number of amides is 3. The zero-order valence-corrected chi connectivity index (χ0v) is 18.0. The molecule has 0 unspecified atom stereocenters. The molecule has 0 spiro atoms. The van der Waals surface area contributed by atoms with Crippen LogP contribution in [0.3, 0.4) is 0 Å². The zero-order chi connectivity index (χ0) is 20.4. The van der Waals surface area contributed by atoms with Gasteiger partial charge in [0.15, 0.2) is 0 Å². The maximum atomic E-state index is 13.4. The van der Waals surface area contributed by atoms with Crippen LogP contribution in [-0.4, -0.2) is 36.0 Å². The molecular weight excluding hydrogens is 400 g/mol. The number of ether oxygens (including phenoxy) is 1. The Bertz CT molecular complexity index is 891. The van der Waals surface area contributed by atoms with Crippen molar-refractivity contribution in [2.24, 2.45) is 11.8 Å². The summed E-state index contributed by atoms with van der Waals surface area (Å²) in [6.45, 7) is 0. The lowest BCUT2D eigenvalue weighted by Crippen LogP contribution is -2.39. The van der Waals surface area contributed by atoms with Crippen LogP contribution in [0.5, 0.6) is 0 Å². The Morgan fingerprint density at radius 1 is 0.900 bits per heavy atom. The fourth-order valence-electron chi connectivity index (χ4n) is 6.36. The van der Waals surface area contributed by atoms with Crippen LogP contribution in [0.15, 0.2) is 0 Å². The van der Waals surface area contributed by atoms with Crippen molar-refractivity contribution in [2.75, 3.05) is 4.90 Å². The molecule has 160 valence electrons. The summed E-state index contributed by atoms with van der Waals surface area (Å²) in [7, 11) is 0. The van der Waals surface area contributed by atoms with E-state index in [-0.39, 0.29) is 47.8 Å². The summed E-state index contributed by atoms with van der Waals surface area (Å²) in [5.41, 5.74) is 1.68. The van der Waals surface area contributed by atoms with Gasteiger partial charge >= 0.3 is 0 Å². The molecule has 2 aliphatic carbocycles. The Morgan fingerprint density at radius 2 is 1.57 bits per heavy atom. The third kappa shape index (κ3) is 2.74. The van der Waals surface area contributed by atoms with Gasteiger partial charge in [-0.1, -0.05) is 19.3 Å². The first-order valence-corrected chi connectivity index (χ1v) is 12.4. The highest BCUT2D eigenvalue weighted by molar-refractivity contribution is 7.17. The second-order valence-corrected chi connectivity index (χ2v) is 10.6. The van der Waals surface area contributed by atoms with Crippen molar-refractivity contribution in [3.63, 3.8) is 0 Å². The smallest absolute Gasteiger partial charge is 0.254 e. The van der Waals surface area contributed by atoms with Gasteiger partial charge in [-0.25, -0.2) is 4.90 Å². The maximum Gasteiger partial charge on any atom is 0.254 e. The minimum atomic E-state index is -0.357. The summed E-state index contributed by atoms with van der Waals surface area (Å²) in [6, 6.07) is 0.201. The quantitative estimate of drug-likeness (QED) is 0.749. The molecule has 0 aromatic carbocycles. The minimum absolute atomic E-state index is 0.0896. The van der Waals surface area contributed by atoms with E-state index in [9.17, 15) is 14.4 Å². The van der Waals surface area contributed by atoms with Gasteiger partial charge in [-0.05, 0) is 56.9 Å². The molecule has 4 fully saturated rings. The lowest BCUT2D eigenvalue weighted by molar-refractivity contribution is -0.124. The van der Waals surface area contributed by atoms with Gasteiger partial charge < -0.3 is 10.1 Å². The molecule has 2 bridgehead atoms. The molecule has 7 heteroatoms. The first-order chi connectivity index (χ1) is 14.6. The molecule has 1 aromatic rings. The van der Waals surface area contributed by atoms with Gasteiger partial charge in [-0.3, -0.25) is 14.4 Å². The fraction of sp³-hybridized carbons (Fsp3) is 0.696. The van der Waals surface area contributed by atoms with Crippen molar-refractivity contribution in [3.8, 4) is 0 Å². The average molecular weight is 429 g/mol. The lowest BCUT2D eigenvalue weighted by atomic mass is 9.81. The van der Waals surface area contributed by atoms with Crippen molar-refractivity contribution in [2.45, 2.75) is 88.9 Å². The molecule has 1 saturated carbocycles. The Labute approximate surface area is 180 Å². The van der Waals surface area contributed by atoms with Crippen molar-refractivity contribution >= 4 is 34.1 Å². The number of imide groups is 1. The molecule has 4 atom stereocenters. The third-order valence-corrected chi connectivity index (χ3v) is 9.08. The maximum absolute atomic E-state index is 13.4. The van der Waals surface area contributed by atoms with Gasteiger partial charge in [0, 0.05) is 10.9 Å². The monoisotopic (exact) mass is 428 g/mol. The molecule has 0 radical (unpaired) electrons. The number of rotatable bonds is 3. The molecule has 30 heavy (non-hydrogen) atoms. The van der Waals surface area contributed by atoms with Crippen LogP contribution >= 0.6 is 11.3 Å². The van der Waals surface area contributed by atoms with Gasteiger partial charge in [0.25, 0.3) is 5.91 Å². The van der Waals surface area contributed by atoms with E-state index < -0.39 is 0 Å². The van der Waals surface area contributed by atoms with Crippen molar-refractivity contribution in [1.29, 1.82) is 0 Å². The molecule has 3 amide bonds. The largest absolute Gasteiger partial charge is 0.373 e. The molecule has 3 saturated heterocycles. The number of nitrogens with one attached hydrogen (secondary N) is 1. The Balaban J connectivity index is 1.37. The van der Waals surface area contributed by atoms with Gasteiger partial charge in [0.2, 0.25) is 11.8 Å². The van der Waals surface area contributed by atoms with E-state index in [4.69, 9.17) is 4.74 Å². The topological polar surface area (TPSA) is 75.7 Å². The molecule has 1 N–H and O–H groups in total. The fourth-order valence-corrected chi connectivity index (χ4v) is 7.76. The summed E-state index contributed by atoms with van der Waals surface area (Å²) >= 11 is 1.50. The molecule has 5 aliphatic rings. The summed E-state index contributed by atoms with van der Waals surface area (Å²) in [6.07, 6.45) is 10.9. The first-order valence-electron chi connectivity index (χ1n) is 11.6. The molecule has 1 aromatic heterocycles. The van der Waals surface area contributed by atoms with E-state index in [1.54, 1.807) is 0 Å². The summed E-state index contributed by atoms with van der Waals surface area (Å²) in [5.74, 6) is -1.10. The van der Waals surface area contributed by atoms with Crippen molar-refractivity contribution < 1.29 is 19.1 Å². The molecule has 6 nitrogen and oxygen atoms in total. The van der Waals surface area contributed by atoms with Crippen LogP contribution in [0, 0.1) is 11.8 Å². The van der Waals surface area contributed by atoms with E-state index >= 15 is 0 Å². The standard InChI is InChI=1S/C23H28N2O4S/c26-20(24-12-6-2-1-3-7-12)17-13-8-4-5-9-16(13)30-23(17)25-21(27)18-14-10-11-15(29-14)19(18)22(25)28/h12,14-15,18-19H,1-11H2,(H,24,26)/t14-,15+,18-,19-/m0/s1. The highest BCUT2D eigenvalue weighted by atomic mass is 32.1. The zero-order valence-electron chi connectivity index (χ0n) is 17.2. The number of anilines is 1. The average Bonchev–Trinajstić information content (AvgIpc) is 3.50. The number of fused-ring (bicyclic) bond motifs is 6. The van der Waals surface area contributed by atoms with Gasteiger partial charge in [0.1, 0.15) is 5.00 Å². The number of carbonyl (C=O) groups excluding carboxylic acids is 3. The van der Waals surface area contributed by atoms with Crippen molar-refractivity contribution in [3.05, 3.63) is 16.0 Å². The number of hydrogen-bond acceptors (Lipinski definition) is 5. The second-order valence-electron chi connectivity index (χ2n) is 9.55. The molecule has 4 heterocycles. The van der Waals surface area contributed by atoms with E-state index in [1.807, 2.05) is 0 Å². The van der Waals surface area contributed by atoms with E-state index in [0.29, 0.717) is 10.6 Å². The van der Waals surface area contributed by atoms with Gasteiger partial charge in [-0.2, -0.15) is 0 Å². The van der Waals surface area contributed by atoms with Crippen LogP contribution < -0.4 is 10.2 Å². The molecule has 6 rings (SSSR count). The lowest BCUT2D eigenvalue weighted by Gasteiger charge is -2.24. The predicted molar refractivity (Wildman–Crippen MR) is 113 cm³/mol. The number of hydrogen-bond donors (Lipinski definition) is 1. The van der Waals surface area contributed by atoms with E-state index in [1.165, 1.54) is 27.5 Å². The summed E-state index contributed by atoms with van der Waals surface area (Å²) < 4.78 is 5.88.